The van der Waals surface area contributed by atoms with Crippen LogP contribution in [0.2, 0.25) is 0 Å². The lowest BCUT2D eigenvalue weighted by Crippen LogP contribution is -2.42. The first-order valence-corrected chi connectivity index (χ1v) is 2.30. The normalized spacial score (nSPS) is 9.62. The van der Waals surface area contributed by atoms with Gasteiger partial charge in [-0.1, -0.05) is 0 Å². The number of hydrogen-bond donors (Lipinski definition) is 2. The molecule has 4 heteroatoms. The maximum Gasteiger partial charge on any atom is 0.290 e. The maximum absolute atomic E-state index is 5.36. The van der Waals surface area contributed by atoms with E-state index in [1.807, 2.05) is 6.92 Å². The molecule has 0 amide bonds. The summed E-state index contributed by atoms with van der Waals surface area (Å²) in [4.78, 5) is 0. The lowest BCUT2D eigenvalue weighted by molar-refractivity contribution is -0.638. The fourth-order valence-corrected chi connectivity index (χ4v) is 0.550. The molecule has 0 bridgehead atoms. The van der Waals surface area contributed by atoms with Crippen molar-refractivity contribution in [3.63, 3.8) is 0 Å². The van der Waals surface area contributed by atoms with Crippen LogP contribution in [-0.2, 0) is 0 Å². The van der Waals surface area contributed by atoms with E-state index in [1.54, 1.807) is 12.5 Å². The molecule has 0 saturated heterocycles. The lowest BCUT2D eigenvalue weighted by Gasteiger charge is -1.78. The Morgan fingerprint density at radius 1 is 1.75 bits per heavy atom. The summed E-state index contributed by atoms with van der Waals surface area (Å²) in [5, 5.41) is 0. The number of nitrogens with two attached hydrogens (primary N) is 2. The van der Waals surface area contributed by atoms with Gasteiger partial charge in [-0.2, -0.15) is 0 Å². The summed E-state index contributed by atoms with van der Waals surface area (Å²) in [5.74, 6) is 10.7. The van der Waals surface area contributed by atoms with Crippen molar-refractivity contribution < 1.29 is 4.68 Å². The number of aromatic nitrogens is 2. The number of hydrogen-bond acceptors (Lipinski definition) is 2. The second-order valence-corrected chi connectivity index (χ2v) is 1.74. The maximum atomic E-state index is 5.36. The summed E-state index contributed by atoms with van der Waals surface area (Å²) in [7, 11) is 0. The SMILES string of the molecule is Cc1c[n+](N)cn1N. The molecule has 1 aromatic rings. The third kappa shape index (κ3) is 0.598. The minimum absolute atomic E-state index is 0.938. The monoisotopic (exact) mass is 113 g/mol. The van der Waals surface area contributed by atoms with E-state index in [4.69, 9.17) is 11.7 Å². The van der Waals surface area contributed by atoms with Crippen LogP contribution in [0.25, 0.3) is 0 Å². The van der Waals surface area contributed by atoms with Crippen LogP contribution >= 0.6 is 0 Å². The van der Waals surface area contributed by atoms with Crippen LogP contribution in [0.3, 0.4) is 0 Å². The molecule has 0 spiro atoms. The highest BCUT2D eigenvalue weighted by molar-refractivity contribution is 4.87. The molecular weight excluding hydrogens is 104 g/mol. The molecule has 4 N–H and O–H groups in total. The molecule has 1 rings (SSSR count). The number of rotatable bonds is 0. The van der Waals surface area contributed by atoms with Gasteiger partial charge in [0.15, 0.2) is 11.9 Å². The summed E-state index contributed by atoms with van der Waals surface area (Å²) >= 11 is 0. The third-order valence-electron chi connectivity index (χ3n) is 1.00. The van der Waals surface area contributed by atoms with E-state index in [2.05, 4.69) is 0 Å². The highest BCUT2D eigenvalue weighted by atomic mass is 15.4. The van der Waals surface area contributed by atoms with Crippen LogP contribution in [-0.4, -0.2) is 4.68 Å². The number of aryl methyl sites for hydroxylation is 1. The third-order valence-corrected chi connectivity index (χ3v) is 1.00. The van der Waals surface area contributed by atoms with E-state index in [0.29, 0.717) is 0 Å². The van der Waals surface area contributed by atoms with Crippen molar-refractivity contribution >= 4 is 0 Å². The highest BCUT2D eigenvalue weighted by Gasteiger charge is 2.00. The molecule has 0 unspecified atom stereocenters. The smallest absolute Gasteiger partial charge is 0.269 e. The summed E-state index contributed by atoms with van der Waals surface area (Å²) in [6.45, 7) is 1.88. The van der Waals surface area contributed by atoms with Gasteiger partial charge >= 0.3 is 0 Å². The molecule has 44 valence electrons. The Labute approximate surface area is 47.3 Å². The van der Waals surface area contributed by atoms with Crippen molar-refractivity contribution in [3.05, 3.63) is 18.2 Å². The first-order valence-electron chi connectivity index (χ1n) is 2.30. The van der Waals surface area contributed by atoms with Gasteiger partial charge in [0.2, 0.25) is 0 Å². The van der Waals surface area contributed by atoms with Gasteiger partial charge in [-0.15, -0.1) is 9.35 Å². The first kappa shape index (κ1) is 4.96. The molecule has 1 heterocycles. The summed E-state index contributed by atoms with van der Waals surface area (Å²) in [5.41, 5.74) is 0.938. The number of nitrogens with zero attached hydrogens (tertiary/aromatic N) is 2. The van der Waals surface area contributed by atoms with E-state index in [9.17, 15) is 0 Å². The van der Waals surface area contributed by atoms with Crippen molar-refractivity contribution in [2.75, 3.05) is 11.7 Å². The van der Waals surface area contributed by atoms with Gasteiger partial charge in [-0.3, -0.25) is 11.7 Å². The second kappa shape index (κ2) is 1.40. The van der Waals surface area contributed by atoms with E-state index in [1.165, 1.54) is 9.35 Å². The Balaban J connectivity index is 3.14. The molecule has 0 fully saturated rings. The van der Waals surface area contributed by atoms with Gasteiger partial charge in [-0.05, 0) is 0 Å². The number of nitrogen functional groups attached to an aromatic ring is 2. The fourth-order valence-electron chi connectivity index (χ4n) is 0.550. The van der Waals surface area contributed by atoms with Gasteiger partial charge < -0.3 is 0 Å². The molecule has 4 nitrogen and oxygen atoms in total. The minimum atomic E-state index is 0.938. The second-order valence-electron chi connectivity index (χ2n) is 1.74. The zero-order valence-electron chi connectivity index (χ0n) is 4.70. The highest BCUT2D eigenvalue weighted by Crippen LogP contribution is 1.83. The van der Waals surface area contributed by atoms with Gasteiger partial charge in [0.1, 0.15) is 0 Å². The van der Waals surface area contributed by atoms with E-state index in [0.717, 1.165) is 5.69 Å². The molecule has 0 aliphatic rings. The van der Waals surface area contributed by atoms with Crippen LogP contribution in [0.15, 0.2) is 12.5 Å². The Morgan fingerprint density at radius 3 is 2.50 bits per heavy atom. The molecule has 1 aromatic heterocycles. The van der Waals surface area contributed by atoms with E-state index < -0.39 is 0 Å². The molecule has 0 radical (unpaired) electrons. The molecule has 0 aliphatic carbocycles. The van der Waals surface area contributed by atoms with Crippen molar-refractivity contribution in [1.29, 1.82) is 0 Å². The van der Waals surface area contributed by atoms with Gasteiger partial charge in [0.05, 0.1) is 0 Å². The van der Waals surface area contributed by atoms with Crippen LogP contribution < -0.4 is 16.4 Å². The topological polar surface area (TPSA) is 60.8 Å². The molecule has 0 aromatic carbocycles. The van der Waals surface area contributed by atoms with Crippen LogP contribution in [0.4, 0.5) is 0 Å². The van der Waals surface area contributed by atoms with Crippen molar-refractivity contribution in [2.24, 2.45) is 0 Å². The minimum Gasteiger partial charge on any atom is -0.269 e. The predicted octanol–water partition coefficient (Wildman–Crippen LogP) is -1.49. The van der Waals surface area contributed by atoms with E-state index >= 15 is 0 Å². The first-order chi connectivity index (χ1) is 3.70. The Kier molecular flexibility index (Phi) is 0.865. The van der Waals surface area contributed by atoms with Crippen LogP contribution in [0.1, 0.15) is 5.69 Å². The predicted molar refractivity (Wildman–Crippen MR) is 29.7 cm³/mol. The van der Waals surface area contributed by atoms with Crippen LogP contribution in [0, 0.1) is 6.92 Å². The average molecular weight is 113 g/mol. The zero-order valence-corrected chi connectivity index (χ0v) is 4.70. The van der Waals surface area contributed by atoms with Crippen molar-refractivity contribution in [1.82, 2.24) is 4.68 Å². The fraction of sp³-hybridized carbons (Fsp3) is 0.250. The van der Waals surface area contributed by atoms with Crippen molar-refractivity contribution in [2.45, 2.75) is 6.92 Å². The van der Waals surface area contributed by atoms with Crippen LogP contribution in [0.5, 0.6) is 0 Å². The number of imidazole rings is 1. The largest absolute Gasteiger partial charge is 0.290 e. The lowest BCUT2D eigenvalue weighted by atomic mass is 10.6. The molecule has 8 heavy (non-hydrogen) atoms. The molecule has 0 saturated carbocycles. The van der Waals surface area contributed by atoms with E-state index in [-0.39, 0.29) is 0 Å². The summed E-state index contributed by atoms with van der Waals surface area (Å²) in [6, 6.07) is 0. The standard InChI is InChI=1S/C4H9N4/c1-4-2-7(5)3-8(4)6/h2-3H,5-6H2,1H3/q+1. The average Bonchev–Trinajstić information content (AvgIpc) is 1.85. The van der Waals surface area contributed by atoms with Gasteiger partial charge in [0, 0.05) is 6.92 Å². The molecule has 0 atom stereocenters. The Hall–Kier alpha value is -1.19. The Bertz CT molecular complexity index is 170. The molecule has 0 aliphatic heterocycles. The van der Waals surface area contributed by atoms with Gasteiger partial charge in [-0.25, -0.2) is 0 Å². The molecular formula is C4H9N4+. The zero-order chi connectivity index (χ0) is 6.15. The van der Waals surface area contributed by atoms with Crippen molar-refractivity contribution in [3.8, 4) is 0 Å². The summed E-state index contributed by atoms with van der Waals surface area (Å²) in [6.07, 6.45) is 3.33. The Morgan fingerprint density at radius 2 is 2.38 bits per heavy atom. The quantitative estimate of drug-likeness (QED) is 0.318. The van der Waals surface area contributed by atoms with Gasteiger partial charge in [0.25, 0.3) is 6.33 Å². The summed E-state index contributed by atoms with van der Waals surface area (Å²) < 4.78 is 2.87.